The normalized spacial score (nSPS) is 12.0. The zero-order valence-electron chi connectivity index (χ0n) is 23.9. The molecule has 202 valence electrons. The van der Waals surface area contributed by atoms with Gasteiger partial charge in [0.25, 0.3) is 0 Å². The summed E-state index contributed by atoms with van der Waals surface area (Å²) in [6, 6.07) is 5.42. The van der Waals surface area contributed by atoms with Crippen LogP contribution in [0.5, 0.6) is 17.2 Å². The zero-order valence-corrected chi connectivity index (χ0v) is 23.9. The molecule has 1 heterocycles. The molecule has 0 fully saturated rings. The molecule has 5 nitrogen and oxygen atoms in total. The van der Waals surface area contributed by atoms with Crippen molar-refractivity contribution in [3.63, 3.8) is 0 Å². The van der Waals surface area contributed by atoms with Gasteiger partial charge in [0.05, 0.1) is 6.10 Å². The summed E-state index contributed by atoms with van der Waals surface area (Å²) in [5, 5.41) is 0.601. The van der Waals surface area contributed by atoms with Gasteiger partial charge >= 0.3 is 5.63 Å². The van der Waals surface area contributed by atoms with Gasteiger partial charge in [0.2, 0.25) is 5.75 Å². The quantitative estimate of drug-likeness (QED) is 0.189. The highest BCUT2D eigenvalue weighted by Gasteiger charge is 2.22. The highest BCUT2D eigenvalue weighted by atomic mass is 16.5. The maximum atomic E-state index is 12.8. The van der Waals surface area contributed by atoms with E-state index < -0.39 is 5.63 Å². The molecule has 0 saturated heterocycles. The molecule has 0 unspecified atom stereocenters. The zero-order chi connectivity index (χ0) is 27.4. The number of benzene rings is 1. The fourth-order valence-electron chi connectivity index (χ4n) is 3.69. The topological polar surface area (TPSA) is 57.9 Å². The van der Waals surface area contributed by atoms with Crippen molar-refractivity contribution in [1.82, 2.24) is 0 Å². The van der Waals surface area contributed by atoms with E-state index in [2.05, 4.69) is 59.8 Å². The first-order valence-corrected chi connectivity index (χ1v) is 13.2. The molecule has 1 aromatic heterocycles. The van der Waals surface area contributed by atoms with Gasteiger partial charge in [-0.05, 0) is 105 Å². The van der Waals surface area contributed by atoms with Crippen molar-refractivity contribution in [2.45, 2.75) is 87.2 Å². The van der Waals surface area contributed by atoms with Gasteiger partial charge in [-0.2, -0.15) is 0 Å². The lowest BCUT2D eigenvalue weighted by Crippen LogP contribution is -2.15. The summed E-state index contributed by atoms with van der Waals surface area (Å²) in [6.45, 7) is 17.1. The number of fused-ring (bicyclic) bond motifs is 1. The molecule has 2 aromatic rings. The molecule has 0 atom stereocenters. The minimum atomic E-state index is -0.562. The summed E-state index contributed by atoms with van der Waals surface area (Å²) < 4.78 is 23.8. The predicted octanol–water partition coefficient (Wildman–Crippen LogP) is 8.72. The van der Waals surface area contributed by atoms with E-state index in [9.17, 15) is 4.79 Å². The van der Waals surface area contributed by atoms with Gasteiger partial charge in [0.1, 0.15) is 29.9 Å². The molecule has 37 heavy (non-hydrogen) atoms. The van der Waals surface area contributed by atoms with Crippen LogP contribution in [-0.2, 0) is 0 Å². The molecule has 0 amide bonds. The van der Waals surface area contributed by atoms with Crippen LogP contribution in [0.3, 0.4) is 0 Å². The second kappa shape index (κ2) is 15.1. The SMILES string of the molecule is CC(C)=CCCC(C)=CCOc1cccc2oc(=O)c(OC(C)C)c(OCC=C(C)CCC=C(C)C)c12. The maximum Gasteiger partial charge on any atom is 0.383 e. The molecule has 0 aliphatic rings. The van der Waals surface area contributed by atoms with Gasteiger partial charge in [0.15, 0.2) is 5.75 Å². The Morgan fingerprint density at radius 1 is 0.811 bits per heavy atom. The van der Waals surface area contributed by atoms with Crippen LogP contribution in [0.15, 0.2) is 74.0 Å². The standard InChI is InChI=1S/C32H44O5/c1-22(2)12-9-14-25(7)18-20-34-27-16-11-17-28-29(27)30(31(32(33)37-28)36-24(5)6)35-21-19-26(8)15-10-13-23(3)4/h11-13,16-19,24H,9-10,14-15,20-21H2,1-8H3. The van der Waals surface area contributed by atoms with E-state index in [0.717, 1.165) is 25.7 Å². The molecule has 0 spiro atoms. The molecular formula is C32H44O5. The number of ether oxygens (including phenoxy) is 3. The van der Waals surface area contributed by atoms with Crippen LogP contribution in [0.4, 0.5) is 0 Å². The average molecular weight is 509 g/mol. The summed E-state index contributed by atoms with van der Waals surface area (Å²) in [6.07, 6.45) is 12.3. The van der Waals surface area contributed by atoms with Crippen molar-refractivity contribution in [1.29, 1.82) is 0 Å². The first kappa shape index (κ1) is 30.0. The molecule has 0 radical (unpaired) electrons. The summed E-state index contributed by atoms with van der Waals surface area (Å²) in [5.74, 6) is 1.01. The van der Waals surface area contributed by atoms with Crippen molar-refractivity contribution >= 4 is 11.0 Å². The number of rotatable bonds is 14. The predicted molar refractivity (Wildman–Crippen MR) is 154 cm³/mol. The van der Waals surface area contributed by atoms with Crippen molar-refractivity contribution in [2.75, 3.05) is 13.2 Å². The van der Waals surface area contributed by atoms with E-state index in [1.807, 2.05) is 32.1 Å². The number of allylic oxidation sites excluding steroid dienone is 6. The Morgan fingerprint density at radius 2 is 1.38 bits per heavy atom. The summed E-state index contributed by atoms with van der Waals surface area (Å²) >= 11 is 0. The third-order valence-electron chi connectivity index (χ3n) is 5.68. The largest absolute Gasteiger partial charge is 0.489 e. The molecule has 2 rings (SSSR count). The molecular weight excluding hydrogens is 464 g/mol. The Hall–Kier alpha value is -3.21. The van der Waals surface area contributed by atoms with Crippen LogP contribution in [0.1, 0.15) is 81.1 Å². The fourth-order valence-corrected chi connectivity index (χ4v) is 3.69. The lowest BCUT2D eigenvalue weighted by molar-refractivity contribution is 0.216. The van der Waals surface area contributed by atoms with Crippen LogP contribution in [0.25, 0.3) is 11.0 Å². The van der Waals surface area contributed by atoms with Gasteiger partial charge in [0, 0.05) is 0 Å². The lowest BCUT2D eigenvalue weighted by atomic mass is 10.1. The van der Waals surface area contributed by atoms with E-state index in [1.165, 1.54) is 22.3 Å². The third-order valence-corrected chi connectivity index (χ3v) is 5.68. The lowest BCUT2D eigenvalue weighted by Gasteiger charge is -2.17. The first-order chi connectivity index (χ1) is 17.6. The molecule has 0 aliphatic carbocycles. The molecule has 5 heteroatoms. The average Bonchev–Trinajstić information content (AvgIpc) is 2.80. The minimum absolute atomic E-state index is 0.0718. The Kier molecular flexibility index (Phi) is 12.3. The maximum absolute atomic E-state index is 12.8. The number of hydrogen-bond acceptors (Lipinski definition) is 5. The van der Waals surface area contributed by atoms with Gasteiger partial charge in [-0.25, -0.2) is 4.79 Å². The van der Waals surface area contributed by atoms with E-state index in [1.54, 1.807) is 6.07 Å². The summed E-state index contributed by atoms with van der Waals surface area (Å²) in [5.41, 5.74) is 4.97. The fraction of sp³-hybridized carbons (Fsp3) is 0.469. The van der Waals surface area contributed by atoms with Crippen molar-refractivity contribution < 1.29 is 18.6 Å². The molecule has 0 bridgehead atoms. The van der Waals surface area contributed by atoms with Crippen LogP contribution >= 0.6 is 0 Å². The second-order valence-electron chi connectivity index (χ2n) is 10.2. The Morgan fingerprint density at radius 3 is 1.92 bits per heavy atom. The van der Waals surface area contributed by atoms with Crippen LogP contribution in [0, 0.1) is 0 Å². The van der Waals surface area contributed by atoms with Crippen LogP contribution in [-0.4, -0.2) is 19.3 Å². The van der Waals surface area contributed by atoms with Gasteiger partial charge in [-0.15, -0.1) is 0 Å². The van der Waals surface area contributed by atoms with E-state index >= 15 is 0 Å². The van der Waals surface area contributed by atoms with Crippen molar-refractivity contribution in [2.24, 2.45) is 0 Å². The van der Waals surface area contributed by atoms with Crippen LogP contribution < -0.4 is 19.8 Å². The number of hydrogen-bond donors (Lipinski definition) is 0. The smallest absolute Gasteiger partial charge is 0.383 e. The molecule has 0 N–H and O–H groups in total. The Labute approximate surface area is 222 Å². The van der Waals surface area contributed by atoms with Crippen molar-refractivity contribution in [3.05, 3.63) is 75.2 Å². The van der Waals surface area contributed by atoms with Crippen LogP contribution in [0.2, 0.25) is 0 Å². The second-order valence-corrected chi connectivity index (χ2v) is 10.2. The third kappa shape index (κ3) is 10.4. The molecule has 0 aliphatic heterocycles. The van der Waals surface area contributed by atoms with Gasteiger partial charge in [-0.3, -0.25) is 0 Å². The van der Waals surface area contributed by atoms with Crippen molar-refractivity contribution in [3.8, 4) is 17.2 Å². The van der Waals surface area contributed by atoms with E-state index in [4.69, 9.17) is 18.6 Å². The summed E-state index contributed by atoms with van der Waals surface area (Å²) in [7, 11) is 0. The van der Waals surface area contributed by atoms with Gasteiger partial charge < -0.3 is 18.6 Å². The Balaban J connectivity index is 2.34. The Bertz CT molecular complexity index is 1200. The molecule has 1 aromatic carbocycles. The van der Waals surface area contributed by atoms with E-state index in [-0.39, 0.29) is 11.9 Å². The van der Waals surface area contributed by atoms with Gasteiger partial charge in [-0.1, -0.05) is 40.5 Å². The monoisotopic (exact) mass is 508 g/mol. The highest BCUT2D eigenvalue weighted by Crippen LogP contribution is 2.39. The summed E-state index contributed by atoms with van der Waals surface area (Å²) in [4.78, 5) is 12.8. The van der Waals surface area contributed by atoms with E-state index in [0.29, 0.717) is 35.7 Å². The highest BCUT2D eigenvalue weighted by molar-refractivity contribution is 5.91. The minimum Gasteiger partial charge on any atom is -0.489 e. The first-order valence-electron chi connectivity index (χ1n) is 13.2. The molecule has 0 saturated carbocycles.